The predicted molar refractivity (Wildman–Crippen MR) is 50.3 cm³/mol. The highest BCUT2D eigenvalue weighted by molar-refractivity contribution is 5.99. The highest BCUT2D eigenvalue weighted by Gasteiger charge is 2.07. The summed E-state index contributed by atoms with van der Waals surface area (Å²) in [6, 6.07) is 5.19. The number of nitrogens with zero attached hydrogens (tertiary/aromatic N) is 1. The molecule has 0 aliphatic rings. The third-order valence-electron chi connectivity index (χ3n) is 1.90. The van der Waals surface area contributed by atoms with Gasteiger partial charge in [-0.1, -0.05) is 0 Å². The molecule has 2 N–H and O–H groups in total. The van der Waals surface area contributed by atoms with Crippen LogP contribution in [0.1, 0.15) is 28.4 Å². The zero-order valence-electron chi connectivity index (χ0n) is 7.59. The van der Waals surface area contributed by atoms with Crippen molar-refractivity contribution in [3.63, 3.8) is 0 Å². The van der Waals surface area contributed by atoms with Crippen molar-refractivity contribution in [2.45, 2.75) is 13.8 Å². The summed E-state index contributed by atoms with van der Waals surface area (Å²) in [4.78, 5) is 11.1. The molecule has 0 bridgehead atoms. The van der Waals surface area contributed by atoms with E-state index in [0.717, 1.165) is 5.56 Å². The zero-order chi connectivity index (χ0) is 10.0. The van der Waals surface area contributed by atoms with Gasteiger partial charge < -0.3 is 5.73 Å². The van der Waals surface area contributed by atoms with Gasteiger partial charge in [0.1, 0.15) is 0 Å². The van der Waals surface area contributed by atoms with Crippen molar-refractivity contribution in [2.75, 3.05) is 5.73 Å². The molecule has 0 atom stereocenters. The largest absolute Gasteiger partial charge is 0.398 e. The Hall–Kier alpha value is -1.82. The zero-order valence-corrected chi connectivity index (χ0v) is 7.59. The first-order valence-corrected chi connectivity index (χ1v) is 3.87. The molecule has 0 radical (unpaired) electrons. The molecule has 66 valence electrons. The number of anilines is 1. The standard InChI is InChI=1S/C10H10N2O/c1-6-3-9(7(2)13)10(12)4-8(6)5-11/h3-4H,12H2,1-2H3. The van der Waals surface area contributed by atoms with Crippen LogP contribution in [0.4, 0.5) is 5.69 Å². The van der Waals surface area contributed by atoms with Crippen LogP contribution in [0.2, 0.25) is 0 Å². The van der Waals surface area contributed by atoms with Crippen LogP contribution in [0.5, 0.6) is 0 Å². The van der Waals surface area contributed by atoms with E-state index in [2.05, 4.69) is 0 Å². The maximum atomic E-state index is 11.1. The molecule has 0 aliphatic carbocycles. The van der Waals surface area contributed by atoms with Crippen molar-refractivity contribution in [3.8, 4) is 6.07 Å². The first-order valence-electron chi connectivity index (χ1n) is 3.87. The van der Waals surface area contributed by atoms with E-state index in [1.54, 1.807) is 13.0 Å². The van der Waals surface area contributed by atoms with Crippen LogP contribution < -0.4 is 5.73 Å². The van der Waals surface area contributed by atoms with Gasteiger partial charge in [-0.05, 0) is 31.5 Å². The fourth-order valence-corrected chi connectivity index (χ4v) is 1.15. The van der Waals surface area contributed by atoms with E-state index >= 15 is 0 Å². The van der Waals surface area contributed by atoms with Crippen LogP contribution in [0.15, 0.2) is 12.1 Å². The van der Waals surface area contributed by atoms with Gasteiger partial charge in [-0.2, -0.15) is 5.26 Å². The normalized spacial score (nSPS) is 9.31. The highest BCUT2D eigenvalue weighted by atomic mass is 16.1. The summed E-state index contributed by atoms with van der Waals surface area (Å²) in [6.07, 6.45) is 0. The molecule has 0 heterocycles. The number of Topliss-reactive ketones (excluding diaryl/α,β-unsaturated/α-hetero) is 1. The van der Waals surface area contributed by atoms with Gasteiger partial charge in [0, 0.05) is 11.3 Å². The van der Waals surface area contributed by atoms with Crippen molar-refractivity contribution in [1.29, 1.82) is 5.26 Å². The van der Waals surface area contributed by atoms with Gasteiger partial charge in [0.2, 0.25) is 0 Å². The number of hydrogen-bond donors (Lipinski definition) is 1. The van der Waals surface area contributed by atoms with Crippen LogP contribution >= 0.6 is 0 Å². The quantitative estimate of drug-likeness (QED) is 0.520. The lowest BCUT2D eigenvalue weighted by molar-refractivity contribution is 0.101. The third-order valence-corrected chi connectivity index (χ3v) is 1.90. The first kappa shape index (κ1) is 9.27. The Kier molecular flexibility index (Phi) is 2.34. The fourth-order valence-electron chi connectivity index (χ4n) is 1.15. The number of aryl methyl sites for hydroxylation is 1. The molecule has 0 fully saturated rings. The van der Waals surface area contributed by atoms with E-state index in [9.17, 15) is 4.79 Å². The van der Waals surface area contributed by atoms with Gasteiger partial charge in [0.05, 0.1) is 11.6 Å². The minimum Gasteiger partial charge on any atom is -0.398 e. The molecule has 0 amide bonds. The predicted octanol–water partition coefficient (Wildman–Crippen LogP) is 1.65. The molecule has 1 aromatic carbocycles. The summed E-state index contributed by atoms with van der Waals surface area (Å²) >= 11 is 0. The minimum absolute atomic E-state index is 0.0786. The fraction of sp³-hybridized carbons (Fsp3) is 0.200. The topological polar surface area (TPSA) is 66.9 Å². The average Bonchev–Trinajstić information content (AvgIpc) is 2.07. The average molecular weight is 174 g/mol. The number of ketones is 1. The van der Waals surface area contributed by atoms with Crippen LogP contribution in [0.25, 0.3) is 0 Å². The number of carbonyl (C=O) groups excluding carboxylic acids is 1. The Morgan fingerprint density at radius 3 is 2.62 bits per heavy atom. The van der Waals surface area contributed by atoms with Crippen molar-refractivity contribution < 1.29 is 4.79 Å². The maximum Gasteiger partial charge on any atom is 0.161 e. The van der Waals surface area contributed by atoms with E-state index in [0.29, 0.717) is 16.8 Å². The second-order valence-electron chi connectivity index (χ2n) is 2.92. The summed E-state index contributed by atoms with van der Waals surface area (Å²) in [5.41, 5.74) is 7.74. The summed E-state index contributed by atoms with van der Waals surface area (Å²) in [6.45, 7) is 3.24. The summed E-state index contributed by atoms with van der Waals surface area (Å²) < 4.78 is 0. The lowest BCUT2D eigenvalue weighted by Crippen LogP contribution is -2.01. The number of carbonyl (C=O) groups is 1. The van der Waals surface area contributed by atoms with Crippen molar-refractivity contribution in [1.82, 2.24) is 0 Å². The van der Waals surface area contributed by atoms with Crippen LogP contribution in [-0.4, -0.2) is 5.78 Å². The molecule has 1 rings (SSSR count). The third kappa shape index (κ3) is 1.67. The molecule has 13 heavy (non-hydrogen) atoms. The molecule has 3 nitrogen and oxygen atoms in total. The van der Waals surface area contributed by atoms with E-state index in [-0.39, 0.29) is 5.78 Å². The van der Waals surface area contributed by atoms with E-state index in [1.807, 2.05) is 6.07 Å². The monoisotopic (exact) mass is 174 g/mol. The molecular weight excluding hydrogens is 164 g/mol. The van der Waals surface area contributed by atoms with Crippen molar-refractivity contribution >= 4 is 11.5 Å². The van der Waals surface area contributed by atoms with Crippen molar-refractivity contribution in [2.24, 2.45) is 0 Å². The second-order valence-corrected chi connectivity index (χ2v) is 2.92. The number of benzene rings is 1. The lowest BCUT2D eigenvalue weighted by Gasteiger charge is -2.04. The number of rotatable bonds is 1. The molecule has 0 unspecified atom stereocenters. The van der Waals surface area contributed by atoms with Gasteiger partial charge >= 0.3 is 0 Å². The summed E-state index contributed by atoms with van der Waals surface area (Å²) in [5.74, 6) is -0.0786. The molecule has 0 spiro atoms. The Morgan fingerprint density at radius 1 is 1.54 bits per heavy atom. The smallest absolute Gasteiger partial charge is 0.161 e. The van der Waals surface area contributed by atoms with Gasteiger partial charge in [0.25, 0.3) is 0 Å². The van der Waals surface area contributed by atoms with E-state index in [1.165, 1.54) is 13.0 Å². The first-order chi connectivity index (χ1) is 6.06. The van der Waals surface area contributed by atoms with E-state index < -0.39 is 0 Å². The SMILES string of the molecule is CC(=O)c1cc(C)c(C#N)cc1N. The van der Waals surface area contributed by atoms with Gasteiger partial charge in [-0.15, -0.1) is 0 Å². The summed E-state index contributed by atoms with van der Waals surface area (Å²) in [7, 11) is 0. The Bertz CT molecular complexity index is 402. The number of nitrogen functional groups attached to an aromatic ring is 1. The minimum atomic E-state index is -0.0786. The van der Waals surface area contributed by atoms with Gasteiger partial charge in [-0.25, -0.2) is 0 Å². The molecule has 1 aromatic rings. The number of nitriles is 1. The number of hydrogen-bond acceptors (Lipinski definition) is 3. The van der Waals surface area contributed by atoms with Crippen LogP contribution in [0.3, 0.4) is 0 Å². The number of nitrogens with two attached hydrogens (primary N) is 1. The van der Waals surface area contributed by atoms with Crippen molar-refractivity contribution in [3.05, 3.63) is 28.8 Å². The van der Waals surface area contributed by atoms with Gasteiger partial charge in [0.15, 0.2) is 5.78 Å². The van der Waals surface area contributed by atoms with Gasteiger partial charge in [-0.3, -0.25) is 4.79 Å². The van der Waals surface area contributed by atoms with Crippen LogP contribution in [-0.2, 0) is 0 Å². The molecule has 0 saturated carbocycles. The Labute approximate surface area is 76.8 Å². The molecule has 0 aliphatic heterocycles. The highest BCUT2D eigenvalue weighted by Crippen LogP contribution is 2.18. The molecule has 3 heteroatoms. The second kappa shape index (κ2) is 3.28. The molecular formula is C10H10N2O. The maximum absolute atomic E-state index is 11.1. The Balaban J connectivity index is 3.39. The molecule has 0 aromatic heterocycles. The summed E-state index contributed by atoms with van der Waals surface area (Å²) in [5, 5.41) is 8.68. The lowest BCUT2D eigenvalue weighted by atomic mass is 10.0. The Morgan fingerprint density at radius 2 is 2.15 bits per heavy atom. The molecule has 0 saturated heterocycles. The van der Waals surface area contributed by atoms with Crippen LogP contribution in [0, 0.1) is 18.3 Å². The van der Waals surface area contributed by atoms with E-state index in [4.69, 9.17) is 11.0 Å².